The van der Waals surface area contributed by atoms with Crippen LogP contribution in [-0.2, 0) is 9.53 Å². The summed E-state index contributed by atoms with van der Waals surface area (Å²) in [7, 11) is 0. The number of nitrogens with zero attached hydrogens (tertiary/aromatic N) is 1. The second kappa shape index (κ2) is 4.76. The fraction of sp³-hybridized carbons (Fsp3) is 0.125. The number of carbonyl (C=O) groups is 2. The smallest absolute Gasteiger partial charge is 0.369 e. The lowest BCUT2D eigenvalue weighted by atomic mass is 10.4. The van der Waals surface area contributed by atoms with Gasteiger partial charge in [0.1, 0.15) is 5.82 Å². The third kappa shape index (κ3) is 4.05. The van der Waals surface area contributed by atoms with Gasteiger partial charge in [-0.15, -0.1) is 0 Å². The molecule has 0 spiro atoms. The van der Waals surface area contributed by atoms with Gasteiger partial charge in [0, 0.05) is 6.07 Å². The van der Waals surface area contributed by atoms with Gasteiger partial charge < -0.3 is 4.74 Å². The van der Waals surface area contributed by atoms with Crippen molar-refractivity contribution in [3.63, 3.8) is 0 Å². The summed E-state index contributed by atoms with van der Waals surface area (Å²) in [5.41, 5.74) is -0.245. The van der Waals surface area contributed by atoms with Gasteiger partial charge in [-0.05, 0) is 0 Å². The number of halogens is 4. The summed E-state index contributed by atoms with van der Waals surface area (Å²) in [5, 5.41) is 1.70. The maximum Gasteiger partial charge on any atom is 0.491 e. The molecule has 5 nitrogen and oxygen atoms in total. The number of rotatable bonds is 1. The lowest BCUT2D eigenvalue weighted by Crippen LogP contribution is -2.30. The highest BCUT2D eigenvalue weighted by atomic mass is 19.4. The van der Waals surface area contributed by atoms with Crippen LogP contribution in [0.5, 0.6) is 0 Å². The minimum absolute atomic E-state index is 0.245. The first-order chi connectivity index (χ1) is 7.79. The van der Waals surface area contributed by atoms with E-state index in [1.807, 2.05) is 0 Å². The van der Waals surface area contributed by atoms with E-state index in [1.165, 1.54) is 0 Å². The van der Waals surface area contributed by atoms with Crippen molar-refractivity contribution in [3.8, 4) is 0 Å². The molecule has 0 aliphatic rings. The second-order valence-electron chi connectivity index (χ2n) is 2.69. The number of hydrogen-bond donors (Lipinski definition) is 1. The summed E-state index contributed by atoms with van der Waals surface area (Å²) in [5.74, 6) is -3.48. The lowest BCUT2D eigenvalue weighted by molar-refractivity contribution is -0.192. The molecule has 17 heavy (non-hydrogen) atoms. The number of anilines is 1. The van der Waals surface area contributed by atoms with Crippen molar-refractivity contribution in [3.05, 3.63) is 24.3 Å². The maximum atomic E-state index is 12.6. The molecule has 0 aliphatic carbocycles. The van der Waals surface area contributed by atoms with E-state index < -0.39 is 24.1 Å². The van der Waals surface area contributed by atoms with Crippen molar-refractivity contribution in [2.24, 2.45) is 0 Å². The van der Waals surface area contributed by atoms with Crippen LogP contribution >= 0.6 is 0 Å². The molecule has 0 radical (unpaired) electrons. The van der Waals surface area contributed by atoms with E-state index >= 15 is 0 Å². The Hall–Kier alpha value is -2.19. The first-order valence-electron chi connectivity index (χ1n) is 3.99. The Morgan fingerprint density at radius 2 is 1.94 bits per heavy atom. The number of amides is 1. The van der Waals surface area contributed by atoms with E-state index in [2.05, 4.69) is 9.72 Å². The van der Waals surface area contributed by atoms with Crippen LogP contribution in [0.3, 0.4) is 0 Å². The topological polar surface area (TPSA) is 68.3 Å². The molecule has 0 saturated heterocycles. The molecule has 0 fully saturated rings. The van der Waals surface area contributed by atoms with Crippen molar-refractivity contribution >= 4 is 17.7 Å². The Kier molecular flexibility index (Phi) is 3.61. The van der Waals surface area contributed by atoms with Gasteiger partial charge in [-0.3, -0.25) is 10.3 Å². The fourth-order valence-corrected chi connectivity index (χ4v) is 0.766. The van der Waals surface area contributed by atoms with Crippen LogP contribution in [0.1, 0.15) is 0 Å². The molecule has 1 aromatic heterocycles. The third-order valence-electron chi connectivity index (χ3n) is 1.37. The van der Waals surface area contributed by atoms with E-state index in [1.54, 1.807) is 5.32 Å². The standard InChI is InChI=1S/C8H4F4N2O3/c9-4-1-5(3-13-2-4)14-7(16)17-6(15)8(10,11)12/h1-3H,(H,14,16). The van der Waals surface area contributed by atoms with Crippen LogP contribution in [0.15, 0.2) is 18.5 Å². The highest BCUT2D eigenvalue weighted by Gasteiger charge is 2.42. The van der Waals surface area contributed by atoms with Gasteiger partial charge in [0.2, 0.25) is 0 Å². The molecule has 0 saturated carbocycles. The molecule has 1 aromatic rings. The molecular formula is C8H4F4N2O3. The van der Waals surface area contributed by atoms with Crippen molar-refractivity contribution in [2.75, 3.05) is 5.32 Å². The van der Waals surface area contributed by atoms with Crippen LogP contribution in [-0.4, -0.2) is 23.2 Å². The third-order valence-corrected chi connectivity index (χ3v) is 1.37. The van der Waals surface area contributed by atoms with Gasteiger partial charge in [-0.25, -0.2) is 14.0 Å². The number of esters is 1. The number of nitrogens with one attached hydrogen (secondary N) is 1. The van der Waals surface area contributed by atoms with Crippen LogP contribution in [0.25, 0.3) is 0 Å². The first-order valence-corrected chi connectivity index (χ1v) is 3.99. The molecular weight excluding hydrogens is 248 g/mol. The summed E-state index contributed by atoms with van der Waals surface area (Å²) >= 11 is 0. The highest BCUT2D eigenvalue weighted by Crippen LogP contribution is 2.17. The molecule has 0 unspecified atom stereocenters. The minimum atomic E-state index is -5.28. The molecule has 92 valence electrons. The lowest BCUT2D eigenvalue weighted by Gasteiger charge is -2.06. The molecule has 0 aromatic carbocycles. The van der Waals surface area contributed by atoms with E-state index in [4.69, 9.17) is 0 Å². The monoisotopic (exact) mass is 252 g/mol. The van der Waals surface area contributed by atoms with Crippen molar-refractivity contribution in [2.45, 2.75) is 6.18 Å². The zero-order valence-electron chi connectivity index (χ0n) is 7.92. The largest absolute Gasteiger partial charge is 0.491 e. The maximum absolute atomic E-state index is 12.6. The predicted octanol–water partition coefficient (Wildman–Crippen LogP) is 1.86. The van der Waals surface area contributed by atoms with E-state index in [0.29, 0.717) is 0 Å². The molecule has 9 heteroatoms. The summed E-state index contributed by atoms with van der Waals surface area (Å²) in [6, 6.07) is 0.784. The van der Waals surface area contributed by atoms with Crippen molar-refractivity contribution in [1.29, 1.82) is 0 Å². The van der Waals surface area contributed by atoms with Crippen LogP contribution in [0.4, 0.5) is 28.0 Å². The van der Waals surface area contributed by atoms with Gasteiger partial charge in [0.25, 0.3) is 0 Å². The zero-order valence-corrected chi connectivity index (χ0v) is 7.92. The Bertz CT molecular complexity index is 447. The fourth-order valence-electron chi connectivity index (χ4n) is 0.766. The average Bonchev–Trinajstić information content (AvgIpc) is 2.15. The molecule has 1 N–H and O–H groups in total. The van der Waals surface area contributed by atoms with Gasteiger partial charge in [0.05, 0.1) is 18.1 Å². The predicted molar refractivity (Wildman–Crippen MR) is 45.4 cm³/mol. The highest BCUT2D eigenvalue weighted by molar-refractivity contribution is 5.94. The van der Waals surface area contributed by atoms with E-state index in [9.17, 15) is 27.2 Å². The SMILES string of the molecule is O=C(Nc1cncc(F)c1)OC(=O)C(F)(F)F. The van der Waals surface area contributed by atoms with Crippen LogP contribution in [0.2, 0.25) is 0 Å². The molecule has 0 bridgehead atoms. The minimum Gasteiger partial charge on any atom is -0.369 e. The number of alkyl halides is 3. The van der Waals surface area contributed by atoms with Gasteiger partial charge >= 0.3 is 18.2 Å². The second-order valence-corrected chi connectivity index (χ2v) is 2.69. The zero-order chi connectivity index (χ0) is 13.1. The first kappa shape index (κ1) is 12.9. The molecule has 0 aliphatic heterocycles. The van der Waals surface area contributed by atoms with Gasteiger partial charge in [0.15, 0.2) is 0 Å². The number of aromatic nitrogens is 1. The van der Waals surface area contributed by atoms with E-state index in [0.717, 1.165) is 18.5 Å². The Morgan fingerprint density at radius 1 is 1.29 bits per heavy atom. The molecule has 1 amide bonds. The Balaban J connectivity index is 2.59. The summed E-state index contributed by atoms with van der Waals surface area (Å²) < 4.78 is 51.0. The van der Waals surface area contributed by atoms with Crippen molar-refractivity contribution < 1.29 is 31.9 Å². The van der Waals surface area contributed by atoms with E-state index in [-0.39, 0.29) is 5.69 Å². The van der Waals surface area contributed by atoms with Gasteiger partial charge in [-0.1, -0.05) is 0 Å². The normalized spacial score (nSPS) is 10.8. The summed E-state index contributed by atoms with van der Waals surface area (Å²) in [4.78, 5) is 24.3. The quantitative estimate of drug-likeness (QED) is 0.470. The van der Waals surface area contributed by atoms with Crippen LogP contribution < -0.4 is 5.32 Å². The number of ether oxygens (including phenoxy) is 1. The number of hydrogen-bond acceptors (Lipinski definition) is 4. The van der Waals surface area contributed by atoms with Crippen molar-refractivity contribution in [1.82, 2.24) is 4.98 Å². The average molecular weight is 252 g/mol. The Morgan fingerprint density at radius 3 is 2.47 bits per heavy atom. The molecule has 1 heterocycles. The molecule has 1 rings (SSSR count). The summed E-state index contributed by atoms with van der Waals surface area (Å²) in [6.07, 6.45) is -5.18. The van der Waals surface area contributed by atoms with Gasteiger partial charge in [-0.2, -0.15) is 13.2 Å². The number of pyridine rings is 1. The molecule has 0 atom stereocenters. The summed E-state index contributed by atoms with van der Waals surface area (Å²) in [6.45, 7) is 0. The number of carbonyl (C=O) groups excluding carboxylic acids is 2. The Labute approximate surface area is 91.4 Å². The van der Waals surface area contributed by atoms with Crippen LogP contribution in [0, 0.1) is 5.82 Å².